The van der Waals surface area contributed by atoms with E-state index in [0.29, 0.717) is 12.4 Å². The number of likely N-dealkylation sites (tertiary alicyclic amines) is 1. The monoisotopic (exact) mass is 408 g/mol. The van der Waals surface area contributed by atoms with Gasteiger partial charge in [0.1, 0.15) is 11.6 Å². The van der Waals surface area contributed by atoms with E-state index in [0.717, 1.165) is 56.5 Å². The van der Waals surface area contributed by atoms with Crippen LogP contribution in [-0.2, 0) is 9.59 Å². The summed E-state index contributed by atoms with van der Waals surface area (Å²) in [5.41, 5.74) is 0.971. The molecule has 2 heterocycles. The third-order valence-electron chi connectivity index (χ3n) is 5.69. The number of benzene rings is 1. The maximum Gasteiger partial charge on any atom is 0.249 e. The van der Waals surface area contributed by atoms with E-state index in [-0.39, 0.29) is 24.3 Å². The van der Waals surface area contributed by atoms with E-state index in [2.05, 4.69) is 16.5 Å². The Morgan fingerprint density at radius 3 is 2.67 bits per heavy atom. The number of anilines is 1. The number of aromatic nitrogens is 2. The van der Waals surface area contributed by atoms with Crippen LogP contribution in [0.2, 0.25) is 0 Å². The summed E-state index contributed by atoms with van der Waals surface area (Å²) in [7, 11) is 0. The van der Waals surface area contributed by atoms with Crippen LogP contribution < -0.4 is 10.1 Å². The third kappa shape index (κ3) is 4.90. The zero-order valence-electron chi connectivity index (χ0n) is 17.1. The highest BCUT2D eigenvalue weighted by atomic mass is 16.5. The Bertz CT molecular complexity index is 898. The lowest BCUT2D eigenvalue weighted by Gasteiger charge is -2.33. The number of amides is 2. The molecule has 0 atom stereocenters. The quantitative estimate of drug-likeness (QED) is 0.760. The zero-order valence-corrected chi connectivity index (χ0v) is 17.1. The van der Waals surface area contributed by atoms with Crippen molar-refractivity contribution in [1.29, 1.82) is 0 Å². The van der Waals surface area contributed by atoms with E-state index in [1.807, 2.05) is 46.0 Å². The van der Waals surface area contributed by atoms with E-state index in [1.165, 1.54) is 0 Å². The molecule has 0 spiro atoms. The Labute approximate surface area is 176 Å². The smallest absolute Gasteiger partial charge is 0.249 e. The second kappa shape index (κ2) is 9.61. The molecule has 4 rings (SSSR count). The van der Waals surface area contributed by atoms with Gasteiger partial charge >= 0.3 is 0 Å². The lowest BCUT2D eigenvalue weighted by Crippen LogP contribution is -2.40. The number of allylic oxidation sites excluding steroid dienone is 1. The molecule has 0 saturated carbocycles. The molecule has 7 heteroatoms. The van der Waals surface area contributed by atoms with Gasteiger partial charge < -0.3 is 15.0 Å². The van der Waals surface area contributed by atoms with Crippen molar-refractivity contribution in [3.05, 3.63) is 54.2 Å². The summed E-state index contributed by atoms with van der Waals surface area (Å²) in [5, 5.41) is 7.37. The minimum absolute atomic E-state index is 0.103. The second-order valence-corrected chi connectivity index (χ2v) is 7.77. The molecule has 0 unspecified atom stereocenters. The van der Waals surface area contributed by atoms with E-state index >= 15 is 0 Å². The summed E-state index contributed by atoms with van der Waals surface area (Å²) in [6, 6.07) is 11.5. The second-order valence-electron chi connectivity index (χ2n) is 7.77. The molecular weight excluding hydrogens is 380 g/mol. The van der Waals surface area contributed by atoms with Crippen LogP contribution in [0.4, 0.5) is 5.82 Å². The normalized spacial score (nSPS) is 16.9. The molecule has 0 bridgehead atoms. The summed E-state index contributed by atoms with van der Waals surface area (Å²) >= 11 is 0. The van der Waals surface area contributed by atoms with Crippen molar-refractivity contribution in [2.24, 2.45) is 0 Å². The molecule has 2 aliphatic rings. The van der Waals surface area contributed by atoms with Gasteiger partial charge in [-0.05, 0) is 44.2 Å². The summed E-state index contributed by atoms with van der Waals surface area (Å²) in [6.07, 6.45) is 8.73. The largest absolute Gasteiger partial charge is 0.493 e. The minimum Gasteiger partial charge on any atom is -0.493 e. The predicted octanol–water partition coefficient (Wildman–Crippen LogP) is 3.56. The first-order valence-electron chi connectivity index (χ1n) is 10.7. The third-order valence-corrected chi connectivity index (χ3v) is 5.69. The van der Waals surface area contributed by atoms with Gasteiger partial charge in [-0.1, -0.05) is 24.3 Å². The minimum atomic E-state index is -0.103. The fraction of sp³-hybridized carbons (Fsp3) is 0.435. The lowest BCUT2D eigenvalue weighted by atomic mass is 10.0. The number of carbonyl (C=O) groups is 2. The number of ether oxygens (including phenoxy) is 1. The number of piperidine rings is 1. The summed E-state index contributed by atoms with van der Waals surface area (Å²) < 4.78 is 7.48. The molecule has 2 aromatic rings. The van der Waals surface area contributed by atoms with Gasteiger partial charge in [-0.25, -0.2) is 4.68 Å². The van der Waals surface area contributed by atoms with Gasteiger partial charge in [-0.15, -0.1) is 0 Å². The number of rotatable bonds is 7. The van der Waals surface area contributed by atoms with Crippen LogP contribution in [0.1, 0.15) is 44.6 Å². The topological polar surface area (TPSA) is 76.5 Å². The number of nitrogens with zero attached hydrogens (tertiary/aromatic N) is 3. The number of para-hydroxylation sites is 1. The Balaban J connectivity index is 1.26. The van der Waals surface area contributed by atoms with Gasteiger partial charge in [0.2, 0.25) is 11.8 Å². The Morgan fingerprint density at radius 2 is 1.93 bits per heavy atom. The molecule has 1 N–H and O–H groups in total. The molecule has 1 aromatic carbocycles. The van der Waals surface area contributed by atoms with Gasteiger partial charge in [-0.2, -0.15) is 5.10 Å². The highest BCUT2D eigenvalue weighted by molar-refractivity contribution is 5.93. The molecule has 158 valence electrons. The first kappa shape index (κ1) is 20.2. The van der Waals surface area contributed by atoms with E-state index in [1.54, 1.807) is 6.20 Å². The Kier molecular flexibility index (Phi) is 6.47. The van der Waals surface area contributed by atoms with Crippen LogP contribution in [0.25, 0.3) is 0 Å². The van der Waals surface area contributed by atoms with E-state index < -0.39 is 0 Å². The van der Waals surface area contributed by atoms with Gasteiger partial charge in [0, 0.05) is 24.7 Å². The van der Waals surface area contributed by atoms with Crippen molar-refractivity contribution in [2.75, 3.05) is 25.0 Å². The molecule has 2 amide bonds. The van der Waals surface area contributed by atoms with Crippen molar-refractivity contribution >= 4 is 17.6 Å². The van der Waals surface area contributed by atoms with Crippen molar-refractivity contribution in [1.82, 2.24) is 14.7 Å². The molecule has 1 aliphatic heterocycles. The lowest BCUT2D eigenvalue weighted by molar-refractivity contribution is -0.128. The van der Waals surface area contributed by atoms with Gasteiger partial charge in [-0.3, -0.25) is 9.59 Å². The summed E-state index contributed by atoms with van der Waals surface area (Å²) in [5.74, 6) is 1.54. The molecule has 7 nitrogen and oxygen atoms in total. The van der Waals surface area contributed by atoms with Crippen LogP contribution in [0.5, 0.6) is 5.75 Å². The molecular formula is C23H28N4O3. The van der Waals surface area contributed by atoms with Crippen LogP contribution in [0.3, 0.4) is 0 Å². The van der Waals surface area contributed by atoms with Crippen molar-refractivity contribution in [3.63, 3.8) is 0 Å². The van der Waals surface area contributed by atoms with Crippen LogP contribution in [0.15, 0.2) is 54.2 Å². The van der Waals surface area contributed by atoms with Crippen LogP contribution in [0, 0.1) is 0 Å². The first-order valence-corrected chi connectivity index (χ1v) is 10.7. The molecule has 0 radical (unpaired) electrons. The highest BCUT2D eigenvalue weighted by Gasteiger charge is 2.27. The molecule has 1 aromatic heterocycles. The first-order chi connectivity index (χ1) is 14.7. The Hall–Kier alpha value is -3.09. The van der Waals surface area contributed by atoms with Crippen LogP contribution in [-0.4, -0.2) is 46.2 Å². The van der Waals surface area contributed by atoms with Crippen LogP contribution >= 0.6 is 0 Å². The SMILES string of the molecule is O=C(CCOc1ccccc1)Nc1ccnn1C1CCN(C(=O)C2=CCCC2)CC1. The number of hydrogen-bond acceptors (Lipinski definition) is 4. The summed E-state index contributed by atoms with van der Waals surface area (Å²) in [4.78, 5) is 26.9. The number of carbonyl (C=O) groups excluding carboxylic acids is 2. The van der Waals surface area contributed by atoms with E-state index in [9.17, 15) is 9.59 Å². The van der Waals surface area contributed by atoms with Crippen molar-refractivity contribution in [3.8, 4) is 5.75 Å². The fourth-order valence-corrected chi connectivity index (χ4v) is 4.07. The van der Waals surface area contributed by atoms with Gasteiger partial charge in [0.05, 0.1) is 25.3 Å². The molecule has 1 aliphatic carbocycles. The van der Waals surface area contributed by atoms with Gasteiger partial charge in [0.15, 0.2) is 0 Å². The molecule has 30 heavy (non-hydrogen) atoms. The molecule has 1 saturated heterocycles. The average Bonchev–Trinajstić information content (AvgIpc) is 3.47. The summed E-state index contributed by atoms with van der Waals surface area (Å²) in [6.45, 7) is 1.76. The predicted molar refractivity (Wildman–Crippen MR) is 114 cm³/mol. The standard InChI is InChI=1S/C23H28N4O3/c28-22(13-17-30-20-8-2-1-3-9-20)25-21-10-14-24-27(21)19-11-15-26(16-12-19)23(29)18-6-4-5-7-18/h1-3,6,8-10,14,19H,4-5,7,11-13,15-17H2,(H,25,28). The Morgan fingerprint density at radius 1 is 1.13 bits per heavy atom. The maximum atomic E-state index is 12.6. The van der Waals surface area contributed by atoms with Crippen molar-refractivity contribution < 1.29 is 14.3 Å². The number of nitrogens with one attached hydrogen (secondary N) is 1. The van der Waals surface area contributed by atoms with E-state index in [4.69, 9.17) is 4.74 Å². The number of hydrogen-bond donors (Lipinski definition) is 1. The average molecular weight is 409 g/mol. The van der Waals surface area contributed by atoms with Gasteiger partial charge in [0.25, 0.3) is 0 Å². The molecule has 1 fully saturated rings. The fourth-order valence-electron chi connectivity index (χ4n) is 4.07. The van der Waals surface area contributed by atoms with Crippen molar-refractivity contribution in [2.45, 2.75) is 44.6 Å². The maximum absolute atomic E-state index is 12.6. The zero-order chi connectivity index (χ0) is 20.8. The highest BCUT2D eigenvalue weighted by Crippen LogP contribution is 2.28.